The van der Waals surface area contributed by atoms with Crippen LogP contribution >= 0.6 is 31.9 Å². The molecule has 0 aromatic heterocycles. The van der Waals surface area contributed by atoms with Crippen LogP contribution in [0.4, 0.5) is 0 Å². The Bertz CT molecular complexity index is 356. The van der Waals surface area contributed by atoms with Crippen LogP contribution in [0.5, 0.6) is 0 Å². The highest BCUT2D eigenvalue weighted by Gasteiger charge is 2.24. The van der Waals surface area contributed by atoms with Gasteiger partial charge in [0.2, 0.25) is 0 Å². The first kappa shape index (κ1) is 11.6. The lowest BCUT2D eigenvalue weighted by Crippen LogP contribution is -2.34. The molecule has 15 heavy (non-hydrogen) atoms. The summed E-state index contributed by atoms with van der Waals surface area (Å²) in [7, 11) is 0. The summed E-state index contributed by atoms with van der Waals surface area (Å²) in [6, 6.07) is 6.26. The van der Waals surface area contributed by atoms with Crippen molar-refractivity contribution in [2.75, 3.05) is 6.61 Å². The largest absolute Gasteiger partial charge is 0.372 e. The molecule has 1 aliphatic rings. The molecule has 1 fully saturated rings. The zero-order chi connectivity index (χ0) is 10.8. The van der Waals surface area contributed by atoms with Gasteiger partial charge in [-0.2, -0.15) is 0 Å². The number of hydrogen-bond acceptors (Lipinski definition) is 2. The van der Waals surface area contributed by atoms with Gasteiger partial charge >= 0.3 is 0 Å². The zero-order valence-electron chi connectivity index (χ0n) is 8.25. The number of nitrogens with two attached hydrogens (primary N) is 1. The molecule has 0 spiro atoms. The minimum absolute atomic E-state index is 0.0446. The highest BCUT2D eigenvalue weighted by Crippen LogP contribution is 2.31. The molecule has 0 amide bonds. The summed E-state index contributed by atoms with van der Waals surface area (Å²) < 4.78 is 7.80. The van der Waals surface area contributed by atoms with Crippen molar-refractivity contribution in [3.8, 4) is 0 Å². The topological polar surface area (TPSA) is 35.2 Å². The first-order chi connectivity index (χ1) is 7.18. The Morgan fingerprint density at radius 2 is 2.07 bits per heavy atom. The molecule has 2 atom stereocenters. The first-order valence-electron chi connectivity index (χ1n) is 5.00. The van der Waals surface area contributed by atoms with Crippen LogP contribution in [0.1, 0.15) is 24.5 Å². The summed E-state index contributed by atoms with van der Waals surface area (Å²) in [6.45, 7) is 0.812. The molecule has 1 aliphatic heterocycles. The molecule has 0 saturated carbocycles. The molecular weight excluding hydrogens is 322 g/mol. The van der Waals surface area contributed by atoms with Crippen molar-refractivity contribution in [3.63, 3.8) is 0 Å². The van der Waals surface area contributed by atoms with E-state index in [2.05, 4.69) is 44.0 Å². The molecule has 2 rings (SSSR count). The third-order valence-corrected chi connectivity index (χ3v) is 4.52. The average molecular weight is 335 g/mol. The summed E-state index contributed by atoms with van der Waals surface area (Å²) in [6.07, 6.45) is 2.15. The van der Waals surface area contributed by atoms with Crippen LogP contribution in [-0.2, 0) is 4.74 Å². The molecule has 2 unspecified atom stereocenters. The van der Waals surface area contributed by atoms with Crippen molar-refractivity contribution < 1.29 is 4.74 Å². The third-order valence-electron chi connectivity index (χ3n) is 2.64. The second-order valence-corrected chi connectivity index (χ2v) is 5.48. The summed E-state index contributed by atoms with van der Waals surface area (Å²) in [4.78, 5) is 0. The quantitative estimate of drug-likeness (QED) is 0.854. The van der Waals surface area contributed by atoms with Crippen LogP contribution in [0.2, 0.25) is 0 Å². The maximum Gasteiger partial charge on any atom is 0.0976 e. The summed E-state index contributed by atoms with van der Waals surface area (Å²) >= 11 is 6.94. The second-order valence-electron chi connectivity index (χ2n) is 3.77. The normalized spacial score (nSPS) is 26.6. The average Bonchev–Trinajstić information content (AvgIpc) is 2.23. The lowest BCUT2D eigenvalue weighted by molar-refractivity contribution is 0.000107. The van der Waals surface area contributed by atoms with Crippen LogP contribution in [0, 0.1) is 0 Å². The van der Waals surface area contributed by atoms with Crippen molar-refractivity contribution >= 4 is 31.9 Å². The number of benzene rings is 1. The van der Waals surface area contributed by atoms with E-state index < -0.39 is 0 Å². The van der Waals surface area contributed by atoms with Gasteiger partial charge in [-0.05, 0) is 62.4 Å². The van der Waals surface area contributed by atoms with Gasteiger partial charge in [-0.1, -0.05) is 6.07 Å². The van der Waals surface area contributed by atoms with Gasteiger partial charge in [-0.15, -0.1) is 0 Å². The van der Waals surface area contributed by atoms with Crippen molar-refractivity contribution in [1.82, 2.24) is 0 Å². The van der Waals surface area contributed by atoms with Crippen LogP contribution < -0.4 is 5.73 Å². The van der Waals surface area contributed by atoms with Crippen molar-refractivity contribution in [2.45, 2.75) is 25.0 Å². The molecule has 1 aromatic carbocycles. The van der Waals surface area contributed by atoms with Gasteiger partial charge < -0.3 is 10.5 Å². The minimum Gasteiger partial charge on any atom is -0.372 e. The third kappa shape index (κ3) is 2.61. The zero-order valence-corrected chi connectivity index (χ0v) is 11.4. The Labute approximate surface area is 106 Å². The number of rotatable bonds is 1. The highest BCUT2D eigenvalue weighted by molar-refractivity contribution is 9.13. The number of ether oxygens (including phenoxy) is 1. The maximum atomic E-state index is 6.05. The Morgan fingerprint density at radius 1 is 1.27 bits per heavy atom. The van der Waals surface area contributed by atoms with Crippen molar-refractivity contribution in [2.24, 2.45) is 5.73 Å². The van der Waals surface area contributed by atoms with Crippen molar-refractivity contribution in [3.05, 3.63) is 32.7 Å². The maximum absolute atomic E-state index is 6.05. The van der Waals surface area contributed by atoms with E-state index in [9.17, 15) is 0 Å². The summed E-state index contributed by atoms with van der Waals surface area (Å²) in [5.41, 5.74) is 7.20. The Balaban J connectivity index is 2.24. The molecule has 2 N–H and O–H groups in total. The van der Waals surface area contributed by atoms with E-state index in [4.69, 9.17) is 10.5 Å². The van der Waals surface area contributed by atoms with Gasteiger partial charge in [0.25, 0.3) is 0 Å². The monoisotopic (exact) mass is 333 g/mol. The van der Waals surface area contributed by atoms with Gasteiger partial charge in [0.05, 0.1) is 6.10 Å². The van der Waals surface area contributed by atoms with E-state index in [1.165, 1.54) is 0 Å². The fourth-order valence-corrected chi connectivity index (χ4v) is 2.48. The number of halogens is 2. The fourth-order valence-electron chi connectivity index (χ4n) is 1.84. The molecular formula is C11H13Br2NO. The summed E-state index contributed by atoms with van der Waals surface area (Å²) in [5.74, 6) is 0. The van der Waals surface area contributed by atoms with E-state index in [0.717, 1.165) is 34.0 Å². The predicted molar refractivity (Wildman–Crippen MR) is 67.7 cm³/mol. The fraction of sp³-hybridized carbons (Fsp3) is 0.455. The molecule has 1 saturated heterocycles. The van der Waals surface area contributed by atoms with Gasteiger partial charge in [0.15, 0.2) is 0 Å². The van der Waals surface area contributed by atoms with E-state index >= 15 is 0 Å². The van der Waals surface area contributed by atoms with Gasteiger partial charge in [-0.3, -0.25) is 0 Å². The lowest BCUT2D eigenvalue weighted by Gasteiger charge is -2.29. The summed E-state index contributed by atoms with van der Waals surface area (Å²) in [5, 5.41) is 0. The molecule has 4 heteroatoms. The SMILES string of the molecule is NC1CCCOC1c1ccc(Br)c(Br)c1. The first-order valence-corrected chi connectivity index (χ1v) is 6.59. The van der Waals surface area contributed by atoms with Crippen molar-refractivity contribution in [1.29, 1.82) is 0 Å². The highest BCUT2D eigenvalue weighted by atomic mass is 79.9. The van der Waals surface area contributed by atoms with E-state index in [1.54, 1.807) is 0 Å². The molecule has 0 aliphatic carbocycles. The van der Waals surface area contributed by atoms with Crippen LogP contribution in [0.3, 0.4) is 0 Å². The van der Waals surface area contributed by atoms with Gasteiger partial charge in [0.1, 0.15) is 0 Å². The standard InChI is InChI=1S/C11H13Br2NO/c12-8-4-3-7(6-9(8)13)11-10(14)2-1-5-15-11/h3-4,6,10-11H,1-2,5,14H2. The minimum atomic E-state index is 0.0446. The van der Waals surface area contributed by atoms with E-state index in [-0.39, 0.29) is 12.1 Å². The molecule has 1 aromatic rings. The smallest absolute Gasteiger partial charge is 0.0976 e. The number of hydrogen-bond donors (Lipinski definition) is 1. The molecule has 2 nitrogen and oxygen atoms in total. The Morgan fingerprint density at radius 3 is 2.73 bits per heavy atom. The second kappa shape index (κ2) is 4.95. The Kier molecular flexibility index (Phi) is 3.83. The van der Waals surface area contributed by atoms with E-state index in [0.29, 0.717) is 0 Å². The van der Waals surface area contributed by atoms with E-state index in [1.807, 2.05) is 6.07 Å². The molecule has 0 radical (unpaired) electrons. The molecule has 82 valence electrons. The lowest BCUT2D eigenvalue weighted by atomic mass is 9.97. The van der Waals surface area contributed by atoms with Crippen LogP contribution in [-0.4, -0.2) is 12.6 Å². The Hall–Kier alpha value is 0.1000. The molecule has 0 bridgehead atoms. The predicted octanol–water partition coefficient (Wildman–Crippen LogP) is 3.39. The van der Waals surface area contributed by atoms with Gasteiger partial charge in [-0.25, -0.2) is 0 Å². The van der Waals surface area contributed by atoms with Crippen LogP contribution in [0.25, 0.3) is 0 Å². The van der Waals surface area contributed by atoms with Crippen LogP contribution in [0.15, 0.2) is 27.1 Å². The molecule has 1 heterocycles. The van der Waals surface area contributed by atoms with Gasteiger partial charge in [0, 0.05) is 21.6 Å².